The summed E-state index contributed by atoms with van der Waals surface area (Å²) in [5, 5.41) is 12.6. The smallest absolute Gasteiger partial charge is 0.234 e. The van der Waals surface area contributed by atoms with Crippen LogP contribution in [0.1, 0.15) is 17.5 Å². The van der Waals surface area contributed by atoms with Crippen molar-refractivity contribution in [3.63, 3.8) is 0 Å². The van der Waals surface area contributed by atoms with E-state index in [2.05, 4.69) is 32.1 Å². The van der Waals surface area contributed by atoms with Crippen molar-refractivity contribution in [2.45, 2.75) is 13.3 Å². The molecule has 1 fully saturated rings. The third kappa shape index (κ3) is 4.38. The average Bonchev–Trinajstić information content (AvgIpc) is 2.81. The van der Waals surface area contributed by atoms with E-state index >= 15 is 0 Å². The molecule has 126 valence electrons. The van der Waals surface area contributed by atoms with Crippen LogP contribution in [-0.2, 0) is 4.79 Å². The number of nitriles is 1. The van der Waals surface area contributed by atoms with Crippen molar-refractivity contribution in [1.82, 2.24) is 15.2 Å². The number of carbonyl (C=O) groups is 1. The van der Waals surface area contributed by atoms with E-state index in [0.717, 1.165) is 31.6 Å². The Labute approximate surface area is 147 Å². The molecule has 1 aliphatic heterocycles. The van der Waals surface area contributed by atoms with Gasteiger partial charge >= 0.3 is 0 Å². The third-order valence-corrected chi connectivity index (χ3v) is 4.39. The van der Waals surface area contributed by atoms with Crippen LogP contribution in [0.15, 0.2) is 6.20 Å². The summed E-state index contributed by atoms with van der Waals surface area (Å²) >= 11 is 6.06. The molecular weight excluding hydrogens is 326 g/mol. The van der Waals surface area contributed by atoms with Crippen LogP contribution in [-0.4, -0.2) is 55.1 Å². The van der Waals surface area contributed by atoms with Crippen molar-refractivity contribution in [2.24, 2.45) is 0 Å². The monoisotopic (exact) mass is 345 g/mol. The van der Waals surface area contributed by atoms with Crippen LogP contribution >= 0.6 is 11.6 Å². The molecule has 1 saturated heterocycles. The minimum absolute atomic E-state index is 0.0698. The van der Waals surface area contributed by atoms with Crippen molar-refractivity contribution in [3.05, 3.63) is 22.3 Å². The van der Waals surface area contributed by atoms with Gasteiger partial charge < -0.3 is 10.2 Å². The molecule has 1 N–H and O–H groups in total. The van der Waals surface area contributed by atoms with Crippen molar-refractivity contribution >= 4 is 23.3 Å². The molecule has 0 atom stereocenters. The molecular formula is C17H20ClN5O. The van der Waals surface area contributed by atoms with Gasteiger partial charge in [-0.3, -0.25) is 9.69 Å². The van der Waals surface area contributed by atoms with Crippen LogP contribution in [0.25, 0.3) is 0 Å². The first-order chi connectivity index (χ1) is 11.6. The molecule has 0 spiro atoms. The lowest BCUT2D eigenvalue weighted by Crippen LogP contribution is -2.39. The number of pyridine rings is 1. The van der Waals surface area contributed by atoms with Gasteiger partial charge in [0.25, 0.3) is 0 Å². The maximum absolute atomic E-state index is 11.8. The Hall–Kier alpha value is -2.28. The van der Waals surface area contributed by atoms with Crippen LogP contribution in [0.3, 0.4) is 0 Å². The largest absolute Gasteiger partial charge is 0.354 e. The maximum atomic E-state index is 11.8. The zero-order valence-electron chi connectivity index (χ0n) is 13.7. The van der Waals surface area contributed by atoms with E-state index in [9.17, 15) is 10.1 Å². The van der Waals surface area contributed by atoms with E-state index in [0.29, 0.717) is 29.5 Å². The summed E-state index contributed by atoms with van der Waals surface area (Å²) in [4.78, 5) is 20.3. The topological polar surface area (TPSA) is 72.3 Å². The van der Waals surface area contributed by atoms with Gasteiger partial charge in [-0.1, -0.05) is 17.5 Å². The SMILES string of the molecule is C#CCNC(=O)CN1CCCN(c2ncc(Cl)c(C)c2C#N)CC1. The van der Waals surface area contributed by atoms with Gasteiger partial charge in [0, 0.05) is 32.4 Å². The van der Waals surface area contributed by atoms with Crippen molar-refractivity contribution in [2.75, 3.05) is 44.2 Å². The number of amides is 1. The number of nitrogens with zero attached hydrogens (tertiary/aromatic N) is 4. The van der Waals surface area contributed by atoms with E-state index in [1.807, 2.05) is 6.92 Å². The van der Waals surface area contributed by atoms with Gasteiger partial charge in [0.15, 0.2) is 0 Å². The van der Waals surface area contributed by atoms with E-state index in [1.165, 1.54) is 0 Å². The molecule has 6 nitrogen and oxygen atoms in total. The van der Waals surface area contributed by atoms with Gasteiger partial charge in [-0.05, 0) is 18.9 Å². The van der Waals surface area contributed by atoms with Crippen LogP contribution in [0.4, 0.5) is 5.82 Å². The van der Waals surface area contributed by atoms with E-state index in [1.54, 1.807) is 6.20 Å². The molecule has 2 rings (SSSR count). The van der Waals surface area contributed by atoms with Gasteiger partial charge in [0.2, 0.25) is 5.91 Å². The second-order valence-electron chi connectivity index (χ2n) is 5.64. The number of aromatic nitrogens is 1. The first-order valence-corrected chi connectivity index (χ1v) is 8.17. The Morgan fingerprint density at radius 3 is 2.96 bits per heavy atom. The maximum Gasteiger partial charge on any atom is 0.234 e. The predicted molar refractivity (Wildman–Crippen MR) is 93.8 cm³/mol. The second-order valence-corrected chi connectivity index (χ2v) is 6.05. The van der Waals surface area contributed by atoms with Gasteiger partial charge in [0.1, 0.15) is 11.9 Å². The minimum atomic E-state index is -0.0698. The fourth-order valence-corrected chi connectivity index (χ4v) is 2.83. The lowest BCUT2D eigenvalue weighted by molar-refractivity contribution is -0.121. The molecule has 0 aliphatic carbocycles. The number of halogens is 1. The number of terminal acetylenes is 1. The fourth-order valence-electron chi connectivity index (χ4n) is 2.69. The predicted octanol–water partition coefficient (Wildman–Crippen LogP) is 1.18. The van der Waals surface area contributed by atoms with Crippen LogP contribution in [0.2, 0.25) is 5.02 Å². The third-order valence-electron chi connectivity index (χ3n) is 4.01. The van der Waals surface area contributed by atoms with Crippen LogP contribution in [0.5, 0.6) is 0 Å². The Bertz CT molecular complexity index is 691. The summed E-state index contributed by atoms with van der Waals surface area (Å²) in [6.07, 6.45) is 7.61. The summed E-state index contributed by atoms with van der Waals surface area (Å²) in [5.74, 6) is 2.99. The van der Waals surface area contributed by atoms with Crippen molar-refractivity contribution < 1.29 is 4.79 Å². The van der Waals surface area contributed by atoms with Gasteiger partial charge in [-0.25, -0.2) is 4.98 Å². The number of hydrogen-bond donors (Lipinski definition) is 1. The molecule has 0 saturated carbocycles. The summed E-state index contributed by atoms with van der Waals surface area (Å²) in [6.45, 7) is 5.42. The number of rotatable bonds is 4. The molecule has 0 unspecified atom stereocenters. The van der Waals surface area contributed by atoms with Gasteiger partial charge in [-0.2, -0.15) is 5.26 Å². The Morgan fingerprint density at radius 1 is 1.46 bits per heavy atom. The Kier molecular flexibility index (Phi) is 6.43. The molecule has 1 aromatic heterocycles. The zero-order chi connectivity index (χ0) is 17.5. The minimum Gasteiger partial charge on any atom is -0.354 e. The highest BCUT2D eigenvalue weighted by molar-refractivity contribution is 6.31. The van der Waals surface area contributed by atoms with E-state index in [-0.39, 0.29) is 12.5 Å². The van der Waals surface area contributed by atoms with E-state index < -0.39 is 0 Å². The first kappa shape index (κ1) is 18.1. The molecule has 0 bridgehead atoms. The molecule has 0 radical (unpaired) electrons. The van der Waals surface area contributed by atoms with Gasteiger partial charge in [0.05, 0.1) is 23.7 Å². The van der Waals surface area contributed by atoms with Crippen molar-refractivity contribution in [1.29, 1.82) is 5.26 Å². The Morgan fingerprint density at radius 2 is 2.25 bits per heavy atom. The van der Waals surface area contributed by atoms with E-state index in [4.69, 9.17) is 18.0 Å². The highest BCUT2D eigenvalue weighted by Gasteiger charge is 2.21. The summed E-state index contributed by atoms with van der Waals surface area (Å²) < 4.78 is 0. The number of hydrogen-bond acceptors (Lipinski definition) is 5. The normalized spacial score (nSPS) is 15.2. The number of anilines is 1. The lowest BCUT2D eigenvalue weighted by atomic mass is 10.1. The quantitative estimate of drug-likeness (QED) is 0.829. The molecule has 1 aliphatic rings. The highest BCUT2D eigenvalue weighted by atomic mass is 35.5. The molecule has 1 amide bonds. The molecule has 2 heterocycles. The zero-order valence-corrected chi connectivity index (χ0v) is 14.4. The summed E-state index contributed by atoms with van der Waals surface area (Å²) in [5.41, 5.74) is 1.27. The standard InChI is InChI=1S/C17H20ClN5O/c1-3-5-20-16(24)12-22-6-4-7-23(9-8-22)17-14(10-19)13(2)15(18)11-21-17/h1,11H,4-9,12H2,2H3,(H,20,24). The first-order valence-electron chi connectivity index (χ1n) is 7.79. The summed E-state index contributed by atoms with van der Waals surface area (Å²) in [7, 11) is 0. The fraction of sp³-hybridized carbons (Fsp3) is 0.471. The number of nitrogens with one attached hydrogen (secondary N) is 1. The van der Waals surface area contributed by atoms with Crippen molar-refractivity contribution in [3.8, 4) is 18.4 Å². The lowest BCUT2D eigenvalue weighted by Gasteiger charge is -2.24. The molecule has 7 heteroatoms. The highest BCUT2D eigenvalue weighted by Crippen LogP contribution is 2.26. The molecule has 24 heavy (non-hydrogen) atoms. The molecule has 0 aromatic carbocycles. The Balaban J connectivity index is 2.04. The number of carbonyl (C=O) groups excluding carboxylic acids is 1. The summed E-state index contributed by atoms with van der Waals surface area (Å²) in [6, 6.07) is 2.20. The van der Waals surface area contributed by atoms with Gasteiger partial charge in [-0.15, -0.1) is 6.42 Å². The molecule has 1 aromatic rings. The van der Waals surface area contributed by atoms with Crippen LogP contribution < -0.4 is 10.2 Å². The van der Waals surface area contributed by atoms with Crippen LogP contribution in [0, 0.1) is 30.6 Å². The average molecular weight is 346 g/mol. The second kappa shape index (κ2) is 8.54.